The van der Waals surface area contributed by atoms with Crippen molar-refractivity contribution in [3.63, 3.8) is 0 Å². The molecule has 3 N–H and O–H groups in total. The third-order valence-electron chi connectivity index (χ3n) is 0. The van der Waals surface area contributed by atoms with E-state index in [0.29, 0.717) is 0 Å². The second-order valence-electron chi connectivity index (χ2n) is 0.513. The Kier molecular flexibility index (Phi) is 5.15. The van der Waals surface area contributed by atoms with Gasteiger partial charge in [-0.05, 0) is 0 Å². The van der Waals surface area contributed by atoms with E-state index in [1.165, 1.54) is 0 Å². The fourth-order valence-corrected chi connectivity index (χ4v) is 0. The summed E-state index contributed by atoms with van der Waals surface area (Å²) in [4.78, 5) is 0. The molecule has 0 saturated carbocycles. The van der Waals surface area contributed by atoms with Crippen LogP contribution in [0.5, 0.6) is 0 Å². The molecule has 0 radical (unpaired) electrons. The molecule has 0 rings (SSSR count). The molecule has 0 aliphatic heterocycles. The zero-order valence-electron chi connectivity index (χ0n) is 2.20. The van der Waals surface area contributed by atoms with E-state index in [1.807, 2.05) is 0 Å². The molecule has 0 aromatic heterocycles. The van der Waals surface area contributed by atoms with Crippen LogP contribution < -0.4 is 0 Å². The van der Waals surface area contributed by atoms with Crippen molar-refractivity contribution in [1.82, 2.24) is 0 Å². The standard InChI is InChI=1S/AsH3O4.Mg.2H/c2-1(3,4)5;;;/h(H3,2,3,4,5);;;. The summed E-state index contributed by atoms with van der Waals surface area (Å²) in [6, 6.07) is 0. The Morgan fingerprint density at radius 1 is 1.17 bits per heavy atom. The molecule has 0 aromatic carbocycles. The molecule has 0 unspecified atom stereocenters. The van der Waals surface area contributed by atoms with Crippen molar-refractivity contribution in [3.8, 4) is 0 Å². The number of rotatable bonds is 0. The van der Waals surface area contributed by atoms with Crippen LogP contribution in [-0.4, -0.2) is 49.9 Å². The van der Waals surface area contributed by atoms with Gasteiger partial charge in [0.25, 0.3) is 0 Å². The van der Waals surface area contributed by atoms with Gasteiger partial charge in [0.05, 0.1) is 0 Å². The Morgan fingerprint density at radius 2 is 1.17 bits per heavy atom. The van der Waals surface area contributed by atoms with Gasteiger partial charge in [-0.25, -0.2) is 0 Å². The molecule has 0 atom stereocenters. The first-order valence-corrected chi connectivity index (χ1v) is 4.07. The molecule has 6 heavy (non-hydrogen) atoms. The van der Waals surface area contributed by atoms with E-state index in [0.717, 1.165) is 0 Å². The Morgan fingerprint density at radius 3 is 1.17 bits per heavy atom. The predicted molar refractivity (Wildman–Crippen MR) is 21.6 cm³/mol. The van der Waals surface area contributed by atoms with Gasteiger partial charge in [0.2, 0.25) is 0 Å². The van der Waals surface area contributed by atoms with Crippen molar-refractivity contribution in [3.05, 3.63) is 0 Å². The smallest absolute Gasteiger partial charge is 0.316 e. The maximum atomic E-state index is 8.94. The molecular weight excluding hydrogens is 163 g/mol. The summed E-state index contributed by atoms with van der Waals surface area (Å²) in [5.74, 6) is 0. The molecule has 0 saturated heterocycles. The molecule has 0 aliphatic rings. The minimum atomic E-state index is -5.12. The van der Waals surface area contributed by atoms with E-state index in [1.54, 1.807) is 0 Å². The predicted octanol–water partition coefficient (Wildman–Crippen LogP) is -3.09. The van der Waals surface area contributed by atoms with Crippen molar-refractivity contribution in [2.75, 3.05) is 0 Å². The molecule has 0 spiro atoms. The van der Waals surface area contributed by atoms with E-state index in [9.17, 15) is 0 Å². The van der Waals surface area contributed by atoms with Crippen molar-refractivity contribution in [2.45, 2.75) is 0 Å². The maximum absolute atomic E-state index is 8.94. The van der Waals surface area contributed by atoms with Crippen LogP contribution in [0.4, 0.5) is 0 Å². The van der Waals surface area contributed by atoms with E-state index in [2.05, 4.69) is 0 Å². The summed E-state index contributed by atoms with van der Waals surface area (Å²) < 4.78 is 30.7. The average Bonchev–Trinajstić information content (AvgIpc) is 0.722. The summed E-state index contributed by atoms with van der Waals surface area (Å²) in [6.45, 7) is 0. The summed E-state index contributed by atoms with van der Waals surface area (Å²) in [5.41, 5.74) is 0. The van der Waals surface area contributed by atoms with Gasteiger partial charge in [0, 0.05) is 0 Å². The van der Waals surface area contributed by atoms with Crippen LogP contribution in [0.1, 0.15) is 0 Å². The van der Waals surface area contributed by atoms with Gasteiger partial charge < -0.3 is 0 Å². The van der Waals surface area contributed by atoms with E-state index in [4.69, 9.17) is 16.0 Å². The fraction of sp³-hybridized carbons (Fsp3) is 0. The van der Waals surface area contributed by atoms with E-state index in [-0.39, 0.29) is 23.1 Å². The van der Waals surface area contributed by atoms with Gasteiger partial charge >= 0.3 is 53.6 Å². The first kappa shape index (κ1) is 10.1. The Bertz CT molecular complexity index is 53.7. The molecule has 0 amide bonds. The molecule has 0 heterocycles. The van der Waals surface area contributed by atoms with E-state index >= 15 is 0 Å². The third kappa shape index (κ3) is 79.5. The van der Waals surface area contributed by atoms with Gasteiger partial charge in [-0.2, -0.15) is 0 Å². The van der Waals surface area contributed by atoms with Crippen molar-refractivity contribution in [1.29, 1.82) is 0 Å². The Balaban J connectivity index is 0. The van der Waals surface area contributed by atoms with Gasteiger partial charge in [0.15, 0.2) is 0 Å². The average molecular weight is 168 g/mol. The van der Waals surface area contributed by atoms with Gasteiger partial charge in [-0.1, -0.05) is 0 Å². The zero-order chi connectivity index (χ0) is 4.50. The van der Waals surface area contributed by atoms with Gasteiger partial charge in [-0.3, -0.25) is 0 Å². The molecule has 0 fully saturated rings. The van der Waals surface area contributed by atoms with Crippen molar-refractivity contribution < 1.29 is 16.0 Å². The van der Waals surface area contributed by atoms with Gasteiger partial charge in [-0.15, -0.1) is 0 Å². The molecule has 0 aromatic rings. The van der Waals surface area contributed by atoms with Gasteiger partial charge in [0.1, 0.15) is 0 Å². The number of hydrogen-bond donors (Lipinski definition) is 3. The van der Waals surface area contributed by atoms with Crippen molar-refractivity contribution in [2.24, 2.45) is 0 Å². The van der Waals surface area contributed by atoms with Crippen LogP contribution in [0.3, 0.4) is 0 Å². The van der Waals surface area contributed by atoms with Crippen molar-refractivity contribution >= 4 is 37.6 Å². The molecule has 0 bridgehead atoms. The first-order chi connectivity index (χ1) is 2.00. The minimum absolute atomic E-state index is 0. The molecule has 4 nitrogen and oxygen atoms in total. The fourth-order valence-electron chi connectivity index (χ4n) is 0. The van der Waals surface area contributed by atoms with Crippen LogP contribution in [0.15, 0.2) is 0 Å². The SMILES string of the molecule is O=[As](O)(O)O.[MgH2]. The summed E-state index contributed by atoms with van der Waals surface area (Å²) in [6.07, 6.45) is 0. The summed E-state index contributed by atoms with van der Waals surface area (Å²) >= 11 is -5.12. The monoisotopic (exact) mass is 168 g/mol. The topological polar surface area (TPSA) is 77.8 Å². The Labute approximate surface area is 53.7 Å². The molecule has 6 heteroatoms. The minimum Gasteiger partial charge on any atom is 0.316 e. The van der Waals surface area contributed by atoms with E-state index < -0.39 is 14.5 Å². The normalized spacial score (nSPS) is 9.83. The summed E-state index contributed by atoms with van der Waals surface area (Å²) in [7, 11) is 0. The Hall–Kier alpha value is 1.00. The maximum Gasteiger partial charge on any atom is 0.316 e. The molecule has 36 valence electrons. The second-order valence-corrected chi connectivity index (χ2v) is 2.67. The molecule has 0 aliphatic carbocycles. The second kappa shape index (κ2) is 3.07. The third-order valence-corrected chi connectivity index (χ3v) is 0. The quantitative estimate of drug-likeness (QED) is 0.335. The largest absolute Gasteiger partial charge is 0.316 e. The van der Waals surface area contributed by atoms with Crippen LogP contribution in [0.2, 0.25) is 0 Å². The molecular formula is H5AsMgO4. The van der Waals surface area contributed by atoms with Crippen LogP contribution in [0, 0.1) is 0 Å². The first-order valence-electron chi connectivity index (χ1n) is 0.783. The van der Waals surface area contributed by atoms with Crippen LogP contribution in [-0.2, 0) is 3.74 Å². The number of hydrogen-bond acceptors (Lipinski definition) is 1. The zero-order valence-corrected chi connectivity index (χ0v) is 4.07. The van der Waals surface area contributed by atoms with Crippen LogP contribution in [0.25, 0.3) is 0 Å². The summed E-state index contributed by atoms with van der Waals surface area (Å²) in [5, 5.41) is 0. The van der Waals surface area contributed by atoms with Crippen LogP contribution >= 0.6 is 0 Å².